The molecule has 3 rings (SSSR count). The summed E-state index contributed by atoms with van der Waals surface area (Å²) in [7, 11) is 1.74. The topological polar surface area (TPSA) is 38.5 Å². The Morgan fingerprint density at radius 1 is 1.26 bits per heavy atom. The molecule has 0 saturated carbocycles. The van der Waals surface area contributed by atoms with E-state index in [0.29, 0.717) is 0 Å². The van der Waals surface area contributed by atoms with Crippen LogP contribution >= 0.6 is 11.3 Å². The van der Waals surface area contributed by atoms with Crippen LogP contribution in [-0.2, 0) is 6.42 Å². The van der Waals surface area contributed by atoms with E-state index in [0.717, 1.165) is 38.2 Å². The van der Waals surface area contributed by atoms with E-state index < -0.39 is 0 Å². The second-order valence-corrected chi connectivity index (χ2v) is 6.92. The molecular weight excluding hydrogens is 304 g/mol. The van der Waals surface area contributed by atoms with Crippen LogP contribution in [0.15, 0.2) is 47.9 Å². The van der Waals surface area contributed by atoms with E-state index in [1.54, 1.807) is 18.4 Å². The van der Waals surface area contributed by atoms with Crippen LogP contribution in [0.5, 0.6) is 5.75 Å². The monoisotopic (exact) mass is 328 g/mol. The zero-order chi connectivity index (χ0) is 16.1. The number of hydrogen-bond acceptors (Lipinski definition) is 4. The van der Waals surface area contributed by atoms with Gasteiger partial charge in [0.05, 0.1) is 12.0 Å². The molecule has 0 fully saturated rings. The molecule has 1 unspecified atom stereocenters. The highest BCUT2D eigenvalue weighted by atomic mass is 32.1. The summed E-state index contributed by atoms with van der Waals surface area (Å²) in [6.07, 6.45) is 4.33. The molecule has 23 heavy (non-hydrogen) atoms. The zero-order valence-corrected chi connectivity index (χ0v) is 14.4. The third-order valence-electron chi connectivity index (χ3n) is 4.27. The molecule has 1 aliphatic rings. The van der Waals surface area contributed by atoms with Gasteiger partial charge in [-0.15, -0.1) is 11.3 Å². The van der Waals surface area contributed by atoms with Crippen molar-refractivity contribution < 1.29 is 4.74 Å². The quantitative estimate of drug-likeness (QED) is 0.883. The largest absolute Gasteiger partial charge is 0.495 e. The first-order chi connectivity index (χ1) is 11.3. The van der Waals surface area contributed by atoms with Crippen molar-refractivity contribution in [2.45, 2.75) is 18.9 Å². The summed E-state index contributed by atoms with van der Waals surface area (Å²) < 4.78 is 5.43. The fourth-order valence-electron chi connectivity index (χ4n) is 3.09. The lowest BCUT2D eigenvalue weighted by Crippen LogP contribution is -2.40. The van der Waals surface area contributed by atoms with Crippen molar-refractivity contribution >= 4 is 16.9 Å². The van der Waals surface area contributed by atoms with Crippen LogP contribution in [0.1, 0.15) is 16.9 Å². The lowest BCUT2D eigenvalue weighted by atomic mass is 10.0. The van der Waals surface area contributed by atoms with Gasteiger partial charge in [-0.2, -0.15) is 0 Å². The van der Waals surface area contributed by atoms with Crippen molar-refractivity contribution in [1.82, 2.24) is 4.90 Å². The van der Waals surface area contributed by atoms with E-state index in [9.17, 15) is 0 Å². The average Bonchev–Trinajstić information content (AvgIpc) is 3.05. The molecule has 1 aliphatic heterocycles. The molecule has 4 heteroatoms. The Morgan fingerprint density at radius 3 is 2.78 bits per heavy atom. The molecule has 3 nitrogen and oxygen atoms in total. The van der Waals surface area contributed by atoms with Crippen molar-refractivity contribution in [3.63, 3.8) is 0 Å². The van der Waals surface area contributed by atoms with Crippen molar-refractivity contribution in [3.8, 4) is 5.75 Å². The van der Waals surface area contributed by atoms with Gasteiger partial charge in [0, 0.05) is 25.7 Å². The molecule has 2 N–H and O–H groups in total. The van der Waals surface area contributed by atoms with Crippen molar-refractivity contribution in [2.75, 3.05) is 26.7 Å². The van der Waals surface area contributed by atoms with Gasteiger partial charge in [-0.25, -0.2) is 0 Å². The van der Waals surface area contributed by atoms with Gasteiger partial charge in [-0.05, 0) is 35.4 Å². The standard InChI is InChI=1S/C19H24N2OS/c1-22-18-9-12-23-19(18)16-7-10-21(11-8-16)14-17(20)13-15-5-3-2-4-6-15/h2-7,9,12,17H,8,10-11,13-14,20H2,1H3. The molecule has 0 aliphatic carbocycles. The van der Waals surface area contributed by atoms with Gasteiger partial charge in [-0.1, -0.05) is 36.4 Å². The molecule has 0 amide bonds. The Bertz CT molecular complexity index is 650. The molecule has 0 saturated heterocycles. The summed E-state index contributed by atoms with van der Waals surface area (Å²) in [5.41, 5.74) is 9.05. The predicted octanol–water partition coefficient (Wildman–Crippen LogP) is 3.42. The normalized spacial score (nSPS) is 16.9. The minimum absolute atomic E-state index is 0.184. The summed E-state index contributed by atoms with van der Waals surface area (Å²) in [4.78, 5) is 3.72. The first-order valence-corrected chi connectivity index (χ1v) is 8.97. The van der Waals surface area contributed by atoms with Gasteiger partial charge < -0.3 is 10.5 Å². The number of rotatable bonds is 6. The van der Waals surface area contributed by atoms with E-state index in [-0.39, 0.29) is 6.04 Å². The third kappa shape index (κ3) is 4.22. The Labute approximate surface area is 142 Å². The maximum atomic E-state index is 6.33. The highest BCUT2D eigenvalue weighted by Gasteiger charge is 2.18. The SMILES string of the molecule is COc1ccsc1C1=CCN(CC(N)Cc2ccccc2)CC1. The first-order valence-electron chi connectivity index (χ1n) is 8.09. The predicted molar refractivity (Wildman–Crippen MR) is 98.0 cm³/mol. The Morgan fingerprint density at radius 2 is 2.09 bits per heavy atom. The van der Waals surface area contributed by atoms with Gasteiger partial charge in [0.25, 0.3) is 0 Å². The van der Waals surface area contributed by atoms with Gasteiger partial charge in [0.15, 0.2) is 0 Å². The first kappa shape index (κ1) is 16.2. The minimum Gasteiger partial charge on any atom is -0.495 e. The Balaban J connectivity index is 1.54. The number of benzene rings is 1. The summed E-state index contributed by atoms with van der Waals surface area (Å²) >= 11 is 1.76. The maximum Gasteiger partial charge on any atom is 0.137 e. The van der Waals surface area contributed by atoms with Crippen molar-refractivity contribution in [3.05, 3.63) is 58.3 Å². The number of hydrogen-bond donors (Lipinski definition) is 1. The lowest BCUT2D eigenvalue weighted by Gasteiger charge is -2.28. The second-order valence-electron chi connectivity index (χ2n) is 6.01. The number of thiophene rings is 1. The fraction of sp³-hybridized carbons (Fsp3) is 0.368. The van der Waals surface area contributed by atoms with Crippen LogP contribution in [0.2, 0.25) is 0 Å². The zero-order valence-electron chi connectivity index (χ0n) is 13.6. The molecule has 1 aromatic heterocycles. The van der Waals surface area contributed by atoms with E-state index >= 15 is 0 Å². The van der Waals surface area contributed by atoms with E-state index in [1.165, 1.54) is 16.0 Å². The summed E-state index contributed by atoms with van der Waals surface area (Å²) in [6, 6.07) is 12.7. The Kier molecular flexibility index (Phi) is 5.49. The summed E-state index contributed by atoms with van der Waals surface area (Å²) in [5.74, 6) is 0.996. The molecule has 2 heterocycles. The summed E-state index contributed by atoms with van der Waals surface area (Å²) in [5, 5.41) is 2.09. The average molecular weight is 328 g/mol. The van der Waals surface area contributed by atoms with Crippen LogP contribution < -0.4 is 10.5 Å². The number of nitrogens with zero attached hydrogens (tertiary/aromatic N) is 1. The molecule has 0 radical (unpaired) electrons. The molecular formula is C19H24N2OS. The molecule has 1 aromatic carbocycles. The highest BCUT2D eigenvalue weighted by molar-refractivity contribution is 7.11. The van der Waals surface area contributed by atoms with Gasteiger partial charge >= 0.3 is 0 Å². The van der Waals surface area contributed by atoms with Crippen LogP contribution in [0.25, 0.3) is 5.57 Å². The van der Waals surface area contributed by atoms with E-state index in [2.05, 4.69) is 40.6 Å². The molecule has 0 bridgehead atoms. The van der Waals surface area contributed by atoms with E-state index in [4.69, 9.17) is 10.5 Å². The highest BCUT2D eigenvalue weighted by Crippen LogP contribution is 2.34. The number of methoxy groups -OCH3 is 1. The van der Waals surface area contributed by atoms with Gasteiger partial charge in [0.1, 0.15) is 5.75 Å². The van der Waals surface area contributed by atoms with Crippen LogP contribution in [0, 0.1) is 0 Å². The van der Waals surface area contributed by atoms with Gasteiger partial charge in [-0.3, -0.25) is 4.90 Å². The smallest absolute Gasteiger partial charge is 0.137 e. The summed E-state index contributed by atoms with van der Waals surface area (Å²) in [6.45, 7) is 2.98. The van der Waals surface area contributed by atoms with Crippen molar-refractivity contribution in [2.24, 2.45) is 5.73 Å². The van der Waals surface area contributed by atoms with Gasteiger partial charge in [0.2, 0.25) is 0 Å². The minimum atomic E-state index is 0.184. The second kappa shape index (κ2) is 7.77. The van der Waals surface area contributed by atoms with Crippen molar-refractivity contribution in [1.29, 1.82) is 0 Å². The number of ether oxygens (including phenoxy) is 1. The van der Waals surface area contributed by atoms with Crippen LogP contribution in [0.3, 0.4) is 0 Å². The molecule has 2 aromatic rings. The third-order valence-corrected chi connectivity index (χ3v) is 5.24. The van der Waals surface area contributed by atoms with E-state index in [1.807, 2.05) is 12.1 Å². The molecule has 122 valence electrons. The van der Waals surface area contributed by atoms with Crippen LogP contribution in [-0.4, -0.2) is 37.7 Å². The molecule has 0 spiro atoms. The van der Waals surface area contributed by atoms with Crippen LogP contribution in [0.4, 0.5) is 0 Å². The Hall–Kier alpha value is -1.62. The molecule has 1 atom stereocenters. The number of nitrogens with two attached hydrogens (primary N) is 1. The maximum absolute atomic E-state index is 6.33. The lowest BCUT2D eigenvalue weighted by molar-refractivity contribution is 0.281. The fourth-order valence-corrected chi connectivity index (χ4v) is 4.02.